The number of rotatable bonds is 16. The Morgan fingerprint density at radius 3 is 2.44 bits per heavy atom. The Labute approximate surface area is 360 Å². The van der Waals surface area contributed by atoms with Crippen molar-refractivity contribution in [2.75, 3.05) is 33.0 Å². The fraction of sp³-hybridized carbons (Fsp3) is 0.395. The van der Waals surface area contributed by atoms with Gasteiger partial charge in [-0.25, -0.2) is 9.18 Å². The SMILES string of the molecule is CC[C@@]1(O)C(=O)OCc2c1cc1n(c2=O)C/C(=C2/c3ccc(F)c(C)c3CC[C@@H]2NC(=O)[C@@H](CO)OCNC(=O)CNC(=O)[C@H](Cc2ccccc2)NC(=O)CNC(=O)CN)C1=N. The van der Waals surface area contributed by atoms with E-state index in [-0.39, 0.29) is 61.5 Å². The van der Waals surface area contributed by atoms with Crippen LogP contribution in [0.25, 0.3) is 5.57 Å². The predicted molar refractivity (Wildman–Crippen MR) is 222 cm³/mol. The van der Waals surface area contributed by atoms with Crippen LogP contribution in [0.1, 0.15) is 58.8 Å². The minimum atomic E-state index is -2.09. The van der Waals surface area contributed by atoms with Gasteiger partial charge in [0.1, 0.15) is 25.2 Å². The summed E-state index contributed by atoms with van der Waals surface area (Å²) in [6.45, 7) is 0.0205. The second kappa shape index (κ2) is 19.6. The van der Waals surface area contributed by atoms with E-state index in [9.17, 15) is 53.6 Å². The predicted octanol–water partition coefficient (Wildman–Crippen LogP) is -1.41. The lowest BCUT2D eigenvalue weighted by atomic mass is 9.78. The number of esters is 1. The molecule has 10 N–H and O–H groups in total. The van der Waals surface area contributed by atoms with Gasteiger partial charge in [-0.2, -0.15) is 0 Å². The van der Waals surface area contributed by atoms with Crippen LogP contribution < -0.4 is 37.9 Å². The van der Waals surface area contributed by atoms with Crippen LogP contribution in [-0.2, 0) is 69.8 Å². The zero-order chi connectivity index (χ0) is 45.6. The third-order valence-electron chi connectivity index (χ3n) is 11.4. The third-order valence-corrected chi connectivity index (χ3v) is 11.4. The average molecular weight is 873 g/mol. The molecule has 0 radical (unpaired) electrons. The average Bonchev–Trinajstić information content (AvgIpc) is 3.61. The highest BCUT2D eigenvalue weighted by Crippen LogP contribution is 2.40. The zero-order valence-electron chi connectivity index (χ0n) is 34.6. The van der Waals surface area contributed by atoms with Gasteiger partial charge in [-0.1, -0.05) is 43.3 Å². The minimum Gasteiger partial charge on any atom is -0.458 e. The van der Waals surface area contributed by atoms with E-state index in [1.54, 1.807) is 50.2 Å². The first-order valence-electron chi connectivity index (χ1n) is 20.3. The van der Waals surface area contributed by atoms with Crippen LogP contribution >= 0.6 is 0 Å². The highest BCUT2D eigenvalue weighted by Gasteiger charge is 2.46. The summed E-state index contributed by atoms with van der Waals surface area (Å²) in [6.07, 6.45) is -0.965. The van der Waals surface area contributed by atoms with E-state index in [0.29, 0.717) is 39.8 Å². The number of carbonyl (C=O) groups is 6. The molecular weight excluding hydrogens is 824 g/mol. The molecule has 0 bridgehead atoms. The van der Waals surface area contributed by atoms with Gasteiger partial charge in [0.05, 0.1) is 55.8 Å². The van der Waals surface area contributed by atoms with Crippen molar-refractivity contribution < 1.29 is 52.8 Å². The largest absolute Gasteiger partial charge is 0.458 e. The number of fused-ring (bicyclic) bond motifs is 3. The summed E-state index contributed by atoms with van der Waals surface area (Å²) in [5.41, 5.74) is 5.80. The summed E-state index contributed by atoms with van der Waals surface area (Å²) in [5.74, 6) is -4.80. The summed E-state index contributed by atoms with van der Waals surface area (Å²) in [4.78, 5) is 90.0. The van der Waals surface area contributed by atoms with E-state index in [1.165, 1.54) is 16.7 Å². The van der Waals surface area contributed by atoms with Crippen LogP contribution in [-0.4, -0.2) is 107 Å². The summed E-state index contributed by atoms with van der Waals surface area (Å²) < 4.78 is 26.9. The maximum atomic E-state index is 14.8. The van der Waals surface area contributed by atoms with Crippen molar-refractivity contribution >= 4 is 46.8 Å². The number of hydrogen-bond donors (Lipinski definition) is 9. The number of pyridine rings is 1. The minimum absolute atomic E-state index is 0.0561. The Morgan fingerprint density at radius 1 is 1.02 bits per heavy atom. The first kappa shape index (κ1) is 45.9. The third kappa shape index (κ3) is 9.73. The lowest BCUT2D eigenvalue weighted by Crippen LogP contribution is -2.52. The Kier molecular flexibility index (Phi) is 14.3. The van der Waals surface area contributed by atoms with Crippen LogP contribution in [0.5, 0.6) is 0 Å². The quantitative estimate of drug-likeness (QED) is 0.0593. The van der Waals surface area contributed by atoms with Crippen LogP contribution in [0.2, 0.25) is 0 Å². The maximum Gasteiger partial charge on any atom is 0.343 e. The van der Waals surface area contributed by atoms with E-state index in [1.807, 2.05) is 0 Å². The second-order valence-electron chi connectivity index (χ2n) is 15.3. The van der Waals surface area contributed by atoms with Gasteiger partial charge < -0.3 is 56.6 Å². The molecule has 19 nitrogen and oxygen atoms in total. The molecule has 0 unspecified atom stereocenters. The molecule has 63 heavy (non-hydrogen) atoms. The number of nitrogens with zero attached hydrogens (tertiary/aromatic N) is 1. The standard InChI is InChI=1S/C43H49FN8O11/c1-3-43(61)28-14-32-38(46)26(18-52(32)41(59)27(28)20-62-42(43)60)37-25-9-11-29(44)22(2)24(25)10-12-30(37)51-40(58)33(19-53)63-21-49-35(55)16-48-39(57)31(13-23-7-5-4-6-8-23)50-36(56)17-47-34(54)15-45/h4-9,11,14,30-31,33,46,53,61H,3,10,12-13,15-21,45H2,1-2H3,(H,47,54)(H,48,57)(H,49,55)(H,50,56)(H,51,58)/b37-26+,46-38?/t30-,31-,33+,43-/m0/s1. The molecule has 334 valence electrons. The van der Waals surface area contributed by atoms with Crippen LogP contribution in [0.3, 0.4) is 0 Å². The second-order valence-corrected chi connectivity index (χ2v) is 15.3. The molecule has 1 aromatic heterocycles. The van der Waals surface area contributed by atoms with E-state index < -0.39 is 97.1 Å². The van der Waals surface area contributed by atoms with E-state index in [2.05, 4.69) is 26.6 Å². The topological polar surface area (TPSA) is 293 Å². The normalized spacial score (nSPS) is 19.7. The molecule has 0 fully saturated rings. The van der Waals surface area contributed by atoms with Crippen molar-refractivity contribution in [2.45, 2.75) is 76.5 Å². The molecule has 1 aliphatic carbocycles. The number of ether oxygens (including phenoxy) is 2. The van der Waals surface area contributed by atoms with Gasteiger partial charge in [-0.05, 0) is 66.1 Å². The Bertz CT molecular complexity index is 2440. The number of carbonyl (C=O) groups excluding carboxylic acids is 6. The molecule has 20 heteroatoms. The molecular formula is C43H49FN8O11. The smallest absolute Gasteiger partial charge is 0.343 e. The van der Waals surface area contributed by atoms with Crippen LogP contribution in [0.4, 0.5) is 4.39 Å². The number of benzene rings is 2. The summed E-state index contributed by atoms with van der Waals surface area (Å²) in [7, 11) is 0. The number of hydrogen-bond acceptors (Lipinski definition) is 13. The van der Waals surface area contributed by atoms with E-state index >= 15 is 0 Å². The number of aliphatic hydroxyl groups excluding tert-OH is 1. The highest BCUT2D eigenvalue weighted by atomic mass is 19.1. The molecule has 3 aliphatic rings. The van der Waals surface area contributed by atoms with Gasteiger partial charge in [0.25, 0.3) is 11.5 Å². The molecule has 3 aromatic rings. The molecule has 2 aromatic carbocycles. The van der Waals surface area contributed by atoms with E-state index in [0.717, 1.165) is 0 Å². The number of allylic oxidation sites excluding steroid dienone is 1. The number of aromatic nitrogens is 1. The maximum absolute atomic E-state index is 14.8. The number of cyclic esters (lactones) is 1. The molecule has 3 heterocycles. The van der Waals surface area contributed by atoms with Crippen molar-refractivity contribution in [2.24, 2.45) is 5.73 Å². The Balaban J connectivity index is 1.13. The van der Waals surface area contributed by atoms with Crippen LogP contribution in [0.15, 0.2) is 58.9 Å². The fourth-order valence-electron chi connectivity index (χ4n) is 7.92. The number of halogens is 1. The molecule has 5 amide bonds. The number of nitrogens with two attached hydrogens (primary N) is 1. The lowest BCUT2D eigenvalue weighted by molar-refractivity contribution is -0.172. The lowest BCUT2D eigenvalue weighted by Gasteiger charge is -2.32. The molecule has 0 spiro atoms. The van der Waals surface area contributed by atoms with Gasteiger partial charge in [-0.3, -0.25) is 34.2 Å². The zero-order valence-corrected chi connectivity index (χ0v) is 34.6. The summed E-state index contributed by atoms with van der Waals surface area (Å²) in [6, 6.07) is 11.1. The molecule has 6 rings (SSSR count). The van der Waals surface area contributed by atoms with Crippen molar-refractivity contribution in [3.05, 3.63) is 109 Å². The first-order chi connectivity index (χ1) is 30.1. The molecule has 4 atom stereocenters. The van der Waals surface area contributed by atoms with Crippen LogP contribution in [0, 0.1) is 18.2 Å². The number of amides is 5. The highest BCUT2D eigenvalue weighted by molar-refractivity contribution is 6.17. The number of nitrogens with one attached hydrogen (secondary N) is 6. The fourth-order valence-corrected chi connectivity index (χ4v) is 7.92. The van der Waals surface area contributed by atoms with E-state index in [4.69, 9.17) is 15.2 Å². The Hall–Kier alpha value is -6.61. The van der Waals surface area contributed by atoms with Crippen molar-refractivity contribution in [3.8, 4) is 0 Å². The van der Waals surface area contributed by atoms with Gasteiger partial charge in [-0.15, -0.1) is 0 Å². The molecule has 0 saturated heterocycles. The van der Waals surface area contributed by atoms with Gasteiger partial charge in [0.2, 0.25) is 23.6 Å². The summed E-state index contributed by atoms with van der Waals surface area (Å²) in [5, 5.41) is 43.2. The summed E-state index contributed by atoms with van der Waals surface area (Å²) >= 11 is 0. The van der Waals surface area contributed by atoms with Gasteiger partial charge in [0.15, 0.2) is 11.7 Å². The molecule has 0 saturated carbocycles. The molecule has 2 aliphatic heterocycles. The van der Waals surface area contributed by atoms with Crippen molar-refractivity contribution in [1.82, 2.24) is 31.2 Å². The van der Waals surface area contributed by atoms with Crippen molar-refractivity contribution in [1.29, 1.82) is 5.41 Å². The van der Waals surface area contributed by atoms with Gasteiger partial charge in [0, 0.05) is 17.6 Å². The van der Waals surface area contributed by atoms with Gasteiger partial charge >= 0.3 is 5.97 Å². The monoisotopic (exact) mass is 872 g/mol. The van der Waals surface area contributed by atoms with Crippen molar-refractivity contribution in [3.63, 3.8) is 0 Å². The first-order valence-corrected chi connectivity index (χ1v) is 20.3. The Morgan fingerprint density at radius 2 is 1.75 bits per heavy atom. The number of aliphatic hydroxyl groups is 2.